The lowest BCUT2D eigenvalue weighted by molar-refractivity contribution is 0.0524. The maximum atomic E-state index is 11.8. The Morgan fingerprint density at radius 3 is 2.72 bits per heavy atom. The van der Waals surface area contributed by atoms with Crippen LogP contribution >= 0.6 is 0 Å². The van der Waals surface area contributed by atoms with E-state index < -0.39 is 0 Å². The molecular formula is C15H21NO2. The first-order valence-electron chi connectivity index (χ1n) is 6.70. The Bertz CT molecular complexity index is 417. The average molecular weight is 247 g/mol. The molecule has 18 heavy (non-hydrogen) atoms. The van der Waals surface area contributed by atoms with Gasteiger partial charge >= 0.3 is 6.09 Å². The highest BCUT2D eigenvalue weighted by Gasteiger charge is 2.24. The summed E-state index contributed by atoms with van der Waals surface area (Å²) in [6.45, 7) is 4.13. The van der Waals surface area contributed by atoms with Gasteiger partial charge in [0, 0.05) is 5.69 Å². The van der Waals surface area contributed by atoms with E-state index in [-0.39, 0.29) is 12.2 Å². The normalized spacial score (nSPS) is 23.4. The third-order valence-corrected chi connectivity index (χ3v) is 3.67. The fraction of sp³-hybridized carbons (Fsp3) is 0.533. The Morgan fingerprint density at radius 1 is 1.28 bits per heavy atom. The lowest BCUT2D eigenvalue weighted by atomic mass is 9.88. The predicted molar refractivity (Wildman–Crippen MR) is 72.7 cm³/mol. The van der Waals surface area contributed by atoms with Crippen LogP contribution in [0.25, 0.3) is 0 Å². The molecule has 98 valence electrons. The summed E-state index contributed by atoms with van der Waals surface area (Å²) in [4.78, 5) is 11.8. The van der Waals surface area contributed by atoms with E-state index in [4.69, 9.17) is 4.74 Å². The lowest BCUT2D eigenvalue weighted by Gasteiger charge is -2.28. The van der Waals surface area contributed by atoms with Crippen molar-refractivity contribution in [3.05, 3.63) is 29.8 Å². The fourth-order valence-corrected chi connectivity index (χ4v) is 2.45. The number of aryl methyl sites for hydroxylation is 1. The second-order valence-corrected chi connectivity index (χ2v) is 5.15. The number of amides is 1. The van der Waals surface area contributed by atoms with Crippen LogP contribution in [0.3, 0.4) is 0 Å². The van der Waals surface area contributed by atoms with Crippen LogP contribution in [-0.2, 0) is 4.74 Å². The summed E-state index contributed by atoms with van der Waals surface area (Å²) in [6.07, 6.45) is 4.29. The Hall–Kier alpha value is -1.51. The zero-order valence-electron chi connectivity index (χ0n) is 11.1. The second kappa shape index (κ2) is 5.89. The highest BCUT2D eigenvalue weighted by molar-refractivity contribution is 5.85. The molecule has 2 rings (SSSR count). The number of ether oxygens (including phenoxy) is 1. The van der Waals surface area contributed by atoms with E-state index in [1.54, 1.807) is 0 Å². The highest BCUT2D eigenvalue weighted by atomic mass is 16.6. The van der Waals surface area contributed by atoms with Gasteiger partial charge in [-0.25, -0.2) is 4.79 Å². The summed E-state index contributed by atoms with van der Waals surface area (Å²) in [5.41, 5.74) is 1.87. The molecule has 2 atom stereocenters. The van der Waals surface area contributed by atoms with E-state index in [9.17, 15) is 4.79 Å². The largest absolute Gasteiger partial charge is 0.446 e. The van der Waals surface area contributed by atoms with E-state index in [1.165, 1.54) is 6.42 Å². The van der Waals surface area contributed by atoms with Crippen LogP contribution in [-0.4, -0.2) is 12.2 Å². The lowest BCUT2D eigenvalue weighted by Crippen LogP contribution is -2.30. The number of anilines is 1. The molecule has 0 aromatic heterocycles. The van der Waals surface area contributed by atoms with E-state index in [0.29, 0.717) is 5.92 Å². The van der Waals surface area contributed by atoms with Gasteiger partial charge in [0.15, 0.2) is 0 Å². The summed E-state index contributed by atoms with van der Waals surface area (Å²) in [7, 11) is 0. The zero-order chi connectivity index (χ0) is 13.0. The number of nitrogens with one attached hydrogen (secondary N) is 1. The molecule has 1 amide bonds. The molecule has 0 unspecified atom stereocenters. The molecule has 1 N–H and O–H groups in total. The number of rotatable bonds is 2. The van der Waals surface area contributed by atoms with Gasteiger partial charge in [-0.05, 0) is 43.7 Å². The molecule has 3 heteroatoms. The minimum absolute atomic E-state index is 0.0720. The monoisotopic (exact) mass is 247 g/mol. The van der Waals surface area contributed by atoms with Crippen molar-refractivity contribution in [2.24, 2.45) is 5.92 Å². The van der Waals surface area contributed by atoms with Crippen molar-refractivity contribution in [1.82, 2.24) is 0 Å². The van der Waals surface area contributed by atoms with Crippen molar-refractivity contribution in [2.45, 2.75) is 45.6 Å². The Labute approximate surface area is 109 Å². The molecule has 1 aliphatic carbocycles. The summed E-state index contributed by atoms with van der Waals surface area (Å²) in [5.74, 6) is 0.473. The Morgan fingerprint density at radius 2 is 2.00 bits per heavy atom. The molecule has 0 spiro atoms. The third kappa shape index (κ3) is 3.25. The summed E-state index contributed by atoms with van der Waals surface area (Å²) in [6, 6.07) is 7.72. The van der Waals surface area contributed by atoms with Crippen LogP contribution in [0.2, 0.25) is 0 Å². The van der Waals surface area contributed by atoms with Gasteiger partial charge < -0.3 is 4.74 Å². The molecule has 0 saturated heterocycles. The van der Waals surface area contributed by atoms with Crippen LogP contribution in [0.4, 0.5) is 10.5 Å². The first-order chi connectivity index (χ1) is 8.66. The zero-order valence-corrected chi connectivity index (χ0v) is 11.1. The van der Waals surface area contributed by atoms with Gasteiger partial charge in [0.1, 0.15) is 6.10 Å². The number of hydrogen-bond donors (Lipinski definition) is 1. The predicted octanol–water partition coefficient (Wildman–Crippen LogP) is 4.12. The number of benzene rings is 1. The van der Waals surface area contributed by atoms with Gasteiger partial charge in [0.05, 0.1) is 0 Å². The molecule has 3 nitrogen and oxygen atoms in total. The minimum Gasteiger partial charge on any atom is -0.446 e. The second-order valence-electron chi connectivity index (χ2n) is 5.15. The Balaban J connectivity index is 1.90. The van der Waals surface area contributed by atoms with Crippen LogP contribution in [0, 0.1) is 12.8 Å². The highest BCUT2D eigenvalue weighted by Crippen LogP contribution is 2.26. The van der Waals surface area contributed by atoms with Crippen LogP contribution in [0.1, 0.15) is 38.2 Å². The molecule has 1 fully saturated rings. The van der Waals surface area contributed by atoms with Gasteiger partial charge in [-0.15, -0.1) is 0 Å². The number of para-hydroxylation sites is 1. The maximum Gasteiger partial charge on any atom is 0.411 e. The molecular weight excluding hydrogens is 226 g/mol. The average Bonchev–Trinajstić information content (AvgIpc) is 2.35. The van der Waals surface area contributed by atoms with Crippen LogP contribution < -0.4 is 5.32 Å². The third-order valence-electron chi connectivity index (χ3n) is 3.67. The molecule has 0 bridgehead atoms. The van der Waals surface area contributed by atoms with E-state index in [1.807, 2.05) is 31.2 Å². The van der Waals surface area contributed by atoms with Gasteiger partial charge in [0.2, 0.25) is 0 Å². The fourth-order valence-electron chi connectivity index (χ4n) is 2.45. The molecule has 1 aromatic carbocycles. The SMILES string of the molecule is Cc1ccccc1NC(=O)O[C@@H]1CCCC[C@@H]1C. The Kier molecular flexibility index (Phi) is 4.24. The van der Waals surface area contributed by atoms with Crippen molar-refractivity contribution >= 4 is 11.8 Å². The van der Waals surface area contributed by atoms with E-state index in [2.05, 4.69) is 12.2 Å². The van der Waals surface area contributed by atoms with Crippen molar-refractivity contribution in [3.8, 4) is 0 Å². The first-order valence-corrected chi connectivity index (χ1v) is 6.70. The number of hydrogen-bond acceptors (Lipinski definition) is 2. The van der Waals surface area contributed by atoms with Crippen molar-refractivity contribution < 1.29 is 9.53 Å². The minimum atomic E-state index is -0.331. The van der Waals surface area contributed by atoms with Crippen molar-refractivity contribution in [3.63, 3.8) is 0 Å². The first kappa shape index (κ1) is 12.9. The van der Waals surface area contributed by atoms with Crippen LogP contribution in [0.15, 0.2) is 24.3 Å². The summed E-state index contributed by atoms with van der Waals surface area (Å²) < 4.78 is 5.51. The topological polar surface area (TPSA) is 38.3 Å². The molecule has 1 saturated carbocycles. The van der Waals surface area contributed by atoms with Gasteiger partial charge in [-0.1, -0.05) is 31.5 Å². The van der Waals surface area contributed by atoms with E-state index >= 15 is 0 Å². The summed E-state index contributed by atoms with van der Waals surface area (Å²) >= 11 is 0. The van der Waals surface area contributed by atoms with E-state index in [0.717, 1.165) is 30.5 Å². The maximum absolute atomic E-state index is 11.8. The smallest absolute Gasteiger partial charge is 0.411 e. The van der Waals surface area contributed by atoms with Gasteiger partial charge in [0.25, 0.3) is 0 Å². The van der Waals surface area contributed by atoms with Crippen molar-refractivity contribution in [2.75, 3.05) is 5.32 Å². The van der Waals surface area contributed by atoms with Crippen LogP contribution in [0.5, 0.6) is 0 Å². The standard InChI is InChI=1S/C15H21NO2/c1-11-7-3-5-9-13(11)16-15(17)18-14-10-6-4-8-12(14)2/h3,5,7,9,12,14H,4,6,8,10H2,1-2H3,(H,16,17)/t12-,14+/m0/s1. The number of carbonyl (C=O) groups excluding carboxylic acids is 1. The molecule has 1 aromatic rings. The van der Waals surface area contributed by atoms with Gasteiger partial charge in [-0.3, -0.25) is 5.32 Å². The molecule has 0 radical (unpaired) electrons. The van der Waals surface area contributed by atoms with Crippen molar-refractivity contribution in [1.29, 1.82) is 0 Å². The molecule has 0 heterocycles. The quantitative estimate of drug-likeness (QED) is 0.853. The van der Waals surface area contributed by atoms with Gasteiger partial charge in [-0.2, -0.15) is 0 Å². The summed E-state index contributed by atoms with van der Waals surface area (Å²) in [5, 5.41) is 2.82. The molecule has 1 aliphatic rings. The molecule has 0 aliphatic heterocycles. The number of carbonyl (C=O) groups is 1.